The molecule has 1 aliphatic carbocycles. The molecule has 1 aliphatic rings. The second-order valence-corrected chi connectivity index (χ2v) is 7.93. The molecule has 1 aromatic carbocycles. The summed E-state index contributed by atoms with van der Waals surface area (Å²) in [5.41, 5.74) is 0.378. The van der Waals surface area contributed by atoms with Crippen molar-refractivity contribution in [3.8, 4) is 11.4 Å². The van der Waals surface area contributed by atoms with Crippen molar-refractivity contribution in [2.45, 2.75) is 55.4 Å². The third-order valence-corrected chi connectivity index (χ3v) is 5.37. The number of carbonyl (C=O) groups excluding carboxylic acids is 2. The summed E-state index contributed by atoms with van der Waals surface area (Å²) in [5.74, 6) is -0.895. The van der Waals surface area contributed by atoms with Gasteiger partial charge >= 0.3 is 12.4 Å². The van der Waals surface area contributed by atoms with Crippen molar-refractivity contribution >= 4 is 23.7 Å². The second kappa shape index (κ2) is 9.32. The van der Waals surface area contributed by atoms with E-state index in [1.54, 1.807) is 6.92 Å². The van der Waals surface area contributed by atoms with Crippen LogP contribution in [0.3, 0.4) is 0 Å². The number of alkyl halides is 3. The van der Waals surface area contributed by atoms with Gasteiger partial charge in [-0.25, -0.2) is 4.79 Å². The van der Waals surface area contributed by atoms with Crippen LogP contribution in [0, 0.1) is 0 Å². The summed E-state index contributed by atoms with van der Waals surface area (Å²) in [5, 5.41) is 15.8. The van der Waals surface area contributed by atoms with Crippen LogP contribution in [0.2, 0.25) is 0 Å². The lowest BCUT2D eigenvalue weighted by atomic mass is 10.2. The SMILES string of the molecule is CC(Sc1nnnn1-c1ccc(OC(F)(F)F)cc1)C(=O)NC(=O)NC1CCCC1. The highest BCUT2D eigenvalue weighted by molar-refractivity contribution is 8.00. The quantitative estimate of drug-likeness (QED) is 0.659. The predicted octanol–water partition coefficient (Wildman–Crippen LogP) is 2.81. The molecule has 1 saturated carbocycles. The van der Waals surface area contributed by atoms with Crippen molar-refractivity contribution in [1.82, 2.24) is 30.8 Å². The van der Waals surface area contributed by atoms with E-state index in [0.29, 0.717) is 5.69 Å². The molecule has 0 bridgehead atoms. The molecule has 0 saturated heterocycles. The fraction of sp³-hybridized carbons (Fsp3) is 0.471. The summed E-state index contributed by atoms with van der Waals surface area (Å²) in [4.78, 5) is 24.2. The van der Waals surface area contributed by atoms with Crippen molar-refractivity contribution in [3.63, 3.8) is 0 Å². The average molecular weight is 444 g/mol. The van der Waals surface area contributed by atoms with Gasteiger partial charge in [0.05, 0.1) is 10.9 Å². The molecular weight excluding hydrogens is 425 g/mol. The Morgan fingerprint density at radius 1 is 1.23 bits per heavy atom. The van der Waals surface area contributed by atoms with E-state index in [9.17, 15) is 22.8 Å². The Labute approximate surface area is 173 Å². The third-order valence-electron chi connectivity index (χ3n) is 4.33. The number of amides is 3. The molecule has 2 N–H and O–H groups in total. The lowest BCUT2D eigenvalue weighted by Gasteiger charge is -2.14. The first kappa shape index (κ1) is 21.9. The number of aromatic nitrogens is 4. The Hall–Kier alpha value is -2.83. The van der Waals surface area contributed by atoms with Crippen LogP contribution in [0.1, 0.15) is 32.6 Å². The summed E-state index contributed by atoms with van der Waals surface area (Å²) < 4.78 is 41.9. The van der Waals surface area contributed by atoms with Crippen LogP contribution in [0.5, 0.6) is 5.75 Å². The predicted molar refractivity (Wildman–Crippen MR) is 100 cm³/mol. The molecule has 3 rings (SSSR count). The van der Waals surface area contributed by atoms with E-state index < -0.39 is 23.6 Å². The third kappa shape index (κ3) is 6.08. The van der Waals surface area contributed by atoms with Crippen LogP contribution in [0.4, 0.5) is 18.0 Å². The van der Waals surface area contributed by atoms with Crippen molar-refractivity contribution < 1.29 is 27.5 Å². The number of imide groups is 1. The van der Waals surface area contributed by atoms with Gasteiger partial charge in [0.1, 0.15) is 5.75 Å². The summed E-state index contributed by atoms with van der Waals surface area (Å²) in [6.07, 6.45) is -0.889. The first-order chi connectivity index (χ1) is 14.2. The minimum absolute atomic E-state index is 0.0809. The van der Waals surface area contributed by atoms with E-state index in [0.717, 1.165) is 49.6 Å². The first-order valence-electron chi connectivity index (χ1n) is 9.14. The maximum absolute atomic E-state index is 12.3. The number of hydrogen-bond donors (Lipinski definition) is 2. The zero-order chi connectivity index (χ0) is 21.7. The van der Waals surface area contributed by atoms with Gasteiger partial charge in [-0.05, 0) is 54.5 Å². The minimum Gasteiger partial charge on any atom is -0.406 e. The highest BCUT2D eigenvalue weighted by Gasteiger charge is 2.31. The average Bonchev–Trinajstić information content (AvgIpc) is 3.33. The number of rotatable bonds is 6. The molecule has 2 aromatic rings. The molecule has 1 fully saturated rings. The number of urea groups is 1. The van der Waals surface area contributed by atoms with E-state index in [1.165, 1.54) is 16.8 Å². The maximum atomic E-state index is 12.3. The van der Waals surface area contributed by atoms with Crippen LogP contribution in [-0.4, -0.2) is 49.8 Å². The molecule has 30 heavy (non-hydrogen) atoms. The Balaban J connectivity index is 1.59. The number of tetrazole rings is 1. The molecule has 0 aliphatic heterocycles. The summed E-state index contributed by atoms with van der Waals surface area (Å²) >= 11 is 1.00. The van der Waals surface area contributed by atoms with Gasteiger partial charge in [0.25, 0.3) is 0 Å². The number of carbonyl (C=O) groups is 2. The van der Waals surface area contributed by atoms with Gasteiger partial charge in [-0.15, -0.1) is 18.3 Å². The molecular formula is C17H19F3N6O3S. The molecule has 9 nitrogen and oxygen atoms in total. The fourth-order valence-corrected chi connectivity index (χ4v) is 3.73. The number of nitrogens with one attached hydrogen (secondary N) is 2. The van der Waals surface area contributed by atoms with Crippen LogP contribution in [0.15, 0.2) is 29.4 Å². The number of halogens is 3. The zero-order valence-corrected chi connectivity index (χ0v) is 16.7. The van der Waals surface area contributed by atoms with Crippen molar-refractivity contribution in [2.24, 2.45) is 0 Å². The number of ether oxygens (including phenoxy) is 1. The highest BCUT2D eigenvalue weighted by atomic mass is 32.2. The Kier molecular flexibility index (Phi) is 6.80. The molecule has 3 amide bonds. The van der Waals surface area contributed by atoms with Gasteiger partial charge in [0, 0.05) is 6.04 Å². The first-order valence-corrected chi connectivity index (χ1v) is 10.0. The van der Waals surface area contributed by atoms with E-state index in [-0.39, 0.29) is 16.9 Å². The van der Waals surface area contributed by atoms with E-state index in [2.05, 4.69) is 30.9 Å². The Morgan fingerprint density at radius 2 is 1.90 bits per heavy atom. The van der Waals surface area contributed by atoms with Crippen molar-refractivity contribution in [2.75, 3.05) is 0 Å². The maximum Gasteiger partial charge on any atom is 0.573 e. The van der Waals surface area contributed by atoms with E-state index in [4.69, 9.17) is 0 Å². The zero-order valence-electron chi connectivity index (χ0n) is 15.8. The fourth-order valence-electron chi connectivity index (χ4n) is 2.92. The summed E-state index contributed by atoms with van der Waals surface area (Å²) in [7, 11) is 0. The van der Waals surface area contributed by atoms with Gasteiger partial charge in [-0.1, -0.05) is 24.6 Å². The normalized spacial score (nSPS) is 15.6. The minimum atomic E-state index is -4.79. The largest absolute Gasteiger partial charge is 0.573 e. The standard InChI is InChI=1S/C17H19F3N6O3S/c1-10(14(27)22-15(28)21-11-4-2-3-5-11)30-16-23-24-25-26(16)12-6-8-13(9-7-12)29-17(18,19)20/h6-11H,2-5H2,1H3,(H2,21,22,27,28). The van der Waals surface area contributed by atoms with Crippen LogP contribution >= 0.6 is 11.8 Å². The van der Waals surface area contributed by atoms with Crippen LogP contribution in [0.25, 0.3) is 5.69 Å². The number of hydrogen-bond acceptors (Lipinski definition) is 7. The van der Waals surface area contributed by atoms with Crippen LogP contribution in [-0.2, 0) is 4.79 Å². The lowest BCUT2D eigenvalue weighted by Crippen LogP contribution is -2.45. The second-order valence-electron chi connectivity index (χ2n) is 6.62. The van der Waals surface area contributed by atoms with E-state index in [1.807, 2.05) is 0 Å². The molecule has 1 unspecified atom stereocenters. The van der Waals surface area contributed by atoms with E-state index >= 15 is 0 Å². The van der Waals surface area contributed by atoms with Gasteiger partial charge in [0.2, 0.25) is 11.1 Å². The van der Waals surface area contributed by atoms with Crippen molar-refractivity contribution in [1.29, 1.82) is 0 Å². The van der Waals surface area contributed by atoms with Gasteiger partial charge in [0.15, 0.2) is 0 Å². The molecule has 1 heterocycles. The summed E-state index contributed by atoms with van der Waals surface area (Å²) in [6, 6.07) is 4.49. The number of benzene rings is 1. The molecule has 1 atom stereocenters. The molecule has 1 aromatic heterocycles. The van der Waals surface area contributed by atoms with Gasteiger partial charge in [-0.2, -0.15) is 4.68 Å². The molecule has 13 heteroatoms. The topological polar surface area (TPSA) is 111 Å². The molecule has 162 valence electrons. The smallest absolute Gasteiger partial charge is 0.406 e. The monoisotopic (exact) mass is 444 g/mol. The Morgan fingerprint density at radius 3 is 2.53 bits per heavy atom. The number of nitrogens with zero attached hydrogens (tertiary/aromatic N) is 4. The van der Waals surface area contributed by atoms with Crippen molar-refractivity contribution in [3.05, 3.63) is 24.3 Å². The highest BCUT2D eigenvalue weighted by Crippen LogP contribution is 2.26. The summed E-state index contributed by atoms with van der Waals surface area (Å²) in [6.45, 7) is 1.59. The van der Waals surface area contributed by atoms with Gasteiger partial charge in [-0.3, -0.25) is 10.1 Å². The van der Waals surface area contributed by atoms with Gasteiger partial charge < -0.3 is 10.1 Å². The Bertz CT molecular complexity index is 884. The van der Waals surface area contributed by atoms with Crippen LogP contribution < -0.4 is 15.4 Å². The molecule has 0 spiro atoms. The molecule has 0 radical (unpaired) electrons. The lowest BCUT2D eigenvalue weighted by molar-refractivity contribution is -0.274. The number of thioether (sulfide) groups is 1.